The zero-order valence-corrected chi connectivity index (χ0v) is 10.7. The first kappa shape index (κ1) is 14.0. The third-order valence-electron chi connectivity index (χ3n) is 2.97. The van der Waals surface area contributed by atoms with Crippen LogP contribution >= 0.6 is 0 Å². The summed E-state index contributed by atoms with van der Waals surface area (Å²) in [5, 5.41) is 13.3. The molecule has 1 aromatic rings. The molecule has 0 aliphatic heterocycles. The van der Waals surface area contributed by atoms with E-state index in [1.165, 1.54) is 12.1 Å². The van der Waals surface area contributed by atoms with Gasteiger partial charge in [0.2, 0.25) is 0 Å². The van der Waals surface area contributed by atoms with E-state index in [4.69, 9.17) is 4.74 Å². The molecule has 0 radical (unpaired) electrons. The third-order valence-corrected chi connectivity index (χ3v) is 2.97. The van der Waals surface area contributed by atoms with Gasteiger partial charge in [0, 0.05) is 18.7 Å². The van der Waals surface area contributed by atoms with Crippen LogP contribution in [0.15, 0.2) is 18.2 Å². The molecule has 0 spiro atoms. The van der Waals surface area contributed by atoms with E-state index in [-0.39, 0.29) is 29.5 Å². The number of amides is 1. The van der Waals surface area contributed by atoms with Crippen molar-refractivity contribution in [2.75, 3.05) is 13.2 Å². The Hall–Kier alpha value is -2.44. The molecule has 1 aliphatic rings. The summed E-state index contributed by atoms with van der Waals surface area (Å²) in [6.07, 6.45) is 2.74. The van der Waals surface area contributed by atoms with Crippen LogP contribution in [0, 0.1) is 16.0 Å². The molecule has 106 valence electrons. The number of rotatable bonds is 7. The lowest BCUT2D eigenvalue weighted by Gasteiger charge is -2.08. The van der Waals surface area contributed by atoms with E-state index >= 15 is 0 Å². The standard InChI is InChI=1S/C13H14N2O5/c16-7-10-5-11(15(18)19)3-4-12(10)20-8-13(17)14-6-9-1-2-9/h3-5,7,9H,1-2,6,8H2,(H,14,17). The van der Waals surface area contributed by atoms with Crippen LogP contribution in [0.1, 0.15) is 23.2 Å². The Kier molecular flexibility index (Phi) is 4.29. The van der Waals surface area contributed by atoms with Gasteiger partial charge in [-0.1, -0.05) is 0 Å². The third kappa shape index (κ3) is 3.78. The first-order valence-electron chi connectivity index (χ1n) is 6.23. The van der Waals surface area contributed by atoms with Crippen LogP contribution in [0.5, 0.6) is 5.75 Å². The monoisotopic (exact) mass is 278 g/mol. The summed E-state index contributed by atoms with van der Waals surface area (Å²) >= 11 is 0. The van der Waals surface area contributed by atoms with Crippen molar-refractivity contribution in [1.82, 2.24) is 5.32 Å². The molecule has 20 heavy (non-hydrogen) atoms. The van der Waals surface area contributed by atoms with Gasteiger partial charge in [0.1, 0.15) is 5.75 Å². The number of aldehydes is 1. The smallest absolute Gasteiger partial charge is 0.270 e. The second-order valence-electron chi connectivity index (χ2n) is 4.63. The van der Waals surface area contributed by atoms with E-state index in [1.807, 2.05) is 0 Å². The SMILES string of the molecule is O=Cc1cc([N+](=O)[O-])ccc1OCC(=O)NCC1CC1. The highest BCUT2D eigenvalue weighted by Gasteiger charge is 2.21. The summed E-state index contributed by atoms with van der Waals surface area (Å²) in [5.41, 5.74) is -0.146. The molecule has 0 atom stereocenters. The Morgan fingerprint density at radius 3 is 2.85 bits per heavy atom. The number of ether oxygens (including phenoxy) is 1. The second-order valence-corrected chi connectivity index (χ2v) is 4.63. The fourth-order valence-electron chi connectivity index (χ4n) is 1.65. The van der Waals surface area contributed by atoms with Gasteiger partial charge in [-0.25, -0.2) is 0 Å². The Balaban J connectivity index is 1.92. The Bertz CT molecular complexity index is 540. The maximum atomic E-state index is 11.5. The van der Waals surface area contributed by atoms with Crippen LogP contribution < -0.4 is 10.1 Å². The number of nitrogens with one attached hydrogen (secondary N) is 1. The van der Waals surface area contributed by atoms with Crippen molar-refractivity contribution in [3.63, 3.8) is 0 Å². The fraction of sp³-hybridized carbons (Fsp3) is 0.385. The average molecular weight is 278 g/mol. The van der Waals surface area contributed by atoms with Crippen LogP contribution in [-0.4, -0.2) is 30.3 Å². The largest absolute Gasteiger partial charge is 0.483 e. The van der Waals surface area contributed by atoms with Gasteiger partial charge < -0.3 is 10.1 Å². The first-order valence-corrected chi connectivity index (χ1v) is 6.23. The van der Waals surface area contributed by atoms with Crippen molar-refractivity contribution in [2.45, 2.75) is 12.8 Å². The summed E-state index contributed by atoms with van der Waals surface area (Å²) in [6, 6.07) is 3.66. The van der Waals surface area contributed by atoms with Crippen LogP contribution in [0.3, 0.4) is 0 Å². The number of nitrogens with zero attached hydrogens (tertiary/aromatic N) is 1. The number of carbonyl (C=O) groups is 2. The van der Waals surface area contributed by atoms with Crippen molar-refractivity contribution in [1.29, 1.82) is 0 Å². The quantitative estimate of drug-likeness (QED) is 0.460. The van der Waals surface area contributed by atoms with Gasteiger partial charge in [0.15, 0.2) is 12.9 Å². The topological polar surface area (TPSA) is 98.5 Å². The maximum absolute atomic E-state index is 11.5. The lowest BCUT2D eigenvalue weighted by atomic mass is 10.2. The van der Waals surface area contributed by atoms with E-state index in [1.54, 1.807) is 0 Å². The molecule has 2 rings (SSSR count). The minimum atomic E-state index is -0.598. The molecule has 0 unspecified atom stereocenters. The molecule has 0 saturated heterocycles. The minimum Gasteiger partial charge on any atom is -0.483 e. The Morgan fingerprint density at radius 2 is 2.25 bits per heavy atom. The van der Waals surface area contributed by atoms with Gasteiger partial charge in [0.25, 0.3) is 11.6 Å². The van der Waals surface area contributed by atoms with Crippen molar-refractivity contribution in [2.24, 2.45) is 5.92 Å². The molecule has 0 bridgehead atoms. The van der Waals surface area contributed by atoms with Gasteiger partial charge in [-0.3, -0.25) is 19.7 Å². The number of nitro groups is 1. The zero-order chi connectivity index (χ0) is 14.5. The lowest BCUT2D eigenvalue weighted by molar-refractivity contribution is -0.384. The van der Waals surface area contributed by atoms with Crippen molar-refractivity contribution >= 4 is 17.9 Å². The fourth-order valence-corrected chi connectivity index (χ4v) is 1.65. The van der Waals surface area contributed by atoms with Gasteiger partial charge >= 0.3 is 0 Å². The highest BCUT2D eigenvalue weighted by molar-refractivity contribution is 5.81. The molecule has 1 fully saturated rings. The highest BCUT2D eigenvalue weighted by atomic mass is 16.6. The predicted molar refractivity (Wildman–Crippen MR) is 69.7 cm³/mol. The van der Waals surface area contributed by atoms with Gasteiger partial charge in [0.05, 0.1) is 10.5 Å². The van der Waals surface area contributed by atoms with Gasteiger partial charge in [-0.2, -0.15) is 0 Å². The van der Waals surface area contributed by atoms with Crippen molar-refractivity contribution < 1.29 is 19.2 Å². The van der Waals surface area contributed by atoms with E-state index in [9.17, 15) is 19.7 Å². The number of carbonyl (C=O) groups excluding carboxylic acids is 2. The summed E-state index contributed by atoms with van der Waals surface area (Å²) < 4.78 is 5.21. The summed E-state index contributed by atoms with van der Waals surface area (Å²) in [7, 11) is 0. The van der Waals surface area contributed by atoms with Crippen LogP contribution in [0.4, 0.5) is 5.69 Å². The first-order chi connectivity index (χ1) is 9.60. The molecule has 0 aromatic heterocycles. The summed E-state index contributed by atoms with van der Waals surface area (Å²) in [5.74, 6) is 0.461. The summed E-state index contributed by atoms with van der Waals surface area (Å²) in [4.78, 5) is 32.3. The molecule has 7 nitrogen and oxygen atoms in total. The number of benzene rings is 1. The van der Waals surface area contributed by atoms with E-state index < -0.39 is 4.92 Å². The molecule has 1 saturated carbocycles. The van der Waals surface area contributed by atoms with E-state index in [0.29, 0.717) is 18.7 Å². The predicted octanol–water partition coefficient (Wildman–Crippen LogP) is 1.31. The number of nitro benzene ring substituents is 1. The molecule has 1 amide bonds. The molecule has 1 aromatic carbocycles. The molecular weight excluding hydrogens is 264 g/mol. The second kappa shape index (κ2) is 6.14. The van der Waals surface area contributed by atoms with Gasteiger partial charge in [-0.05, 0) is 24.8 Å². The Morgan fingerprint density at radius 1 is 1.50 bits per heavy atom. The van der Waals surface area contributed by atoms with Gasteiger partial charge in [-0.15, -0.1) is 0 Å². The lowest BCUT2D eigenvalue weighted by Crippen LogP contribution is -2.30. The van der Waals surface area contributed by atoms with Crippen LogP contribution in [0.25, 0.3) is 0 Å². The highest BCUT2D eigenvalue weighted by Crippen LogP contribution is 2.27. The molecule has 7 heteroatoms. The number of hydrogen-bond acceptors (Lipinski definition) is 5. The average Bonchev–Trinajstić information content (AvgIpc) is 3.26. The van der Waals surface area contributed by atoms with Crippen LogP contribution in [-0.2, 0) is 4.79 Å². The zero-order valence-electron chi connectivity index (χ0n) is 10.7. The molecule has 0 heterocycles. The summed E-state index contributed by atoms with van der Waals surface area (Å²) in [6.45, 7) is 0.425. The number of hydrogen-bond donors (Lipinski definition) is 1. The van der Waals surface area contributed by atoms with E-state index in [2.05, 4.69) is 5.32 Å². The molecule has 1 aliphatic carbocycles. The molecular formula is C13H14N2O5. The van der Waals surface area contributed by atoms with E-state index in [0.717, 1.165) is 18.9 Å². The molecule has 1 N–H and O–H groups in total. The maximum Gasteiger partial charge on any atom is 0.270 e. The van der Waals surface area contributed by atoms with Crippen molar-refractivity contribution in [3.8, 4) is 5.75 Å². The minimum absolute atomic E-state index is 0.0502. The van der Waals surface area contributed by atoms with Crippen LogP contribution in [0.2, 0.25) is 0 Å². The Labute approximate surface area is 115 Å². The normalized spacial score (nSPS) is 13.6. The van der Waals surface area contributed by atoms with Crippen molar-refractivity contribution in [3.05, 3.63) is 33.9 Å². The number of non-ortho nitro benzene ring substituents is 1.